The summed E-state index contributed by atoms with van der Waals surface area (Å²) in [5, 5.41) is 0.464. The van der Waals surface area contributed by atoms with Crippen LogP contribution in [0.4, 0.5) is 0 Å². The fraction of sp³-hybridized carbons (Fsp3) is 0. The molecule has 4 heteroatoms. The fourth-order valence-electron chi connectivity index (χ4n) is 1.91. The molecule has 3 aromatic rings. The average molecular weight is 268 g/mol. The van der Waals surface area contributed by atoms with Gasteiger partial charge in [-0.05, 0) is 30.3 Å². The lowest BCUT2D eigenvalue weighted by atomic mass is 10.0. The summed E-state index contributed by atoms with van der Waals surface area (Å²) in [5.74, 6) is 0. The molecule has 0 amide bonds. The second-order valence-corrected chi connectivity index (χ2v) is 4.40. The van der Waals surface area contributed by atoms with Crippen molar-refractivity contribution in [1.82, 2.24) is 15.0 Å². The second kappa shape index (κ2) is 5.16. The molecule has 0 bridgehead atoms. The number of rotatable bonds is 2. The lowest BCUT2D eigenvalue weighted by Gasteiger charge is -2.08. The molecule has 0 aliphatic carbocycles. The molecule has 0 spiro atoms. The maximum atomic E-state index is 6.01. The van der Waals surface area contributed by atoms with Gasteiger partial charge in [0.15, 0.2) is 0 Å². The van der Waals surface area contributed by atoms with E-state index in [2.05, 4.69) is 15.0 Å². The maximum Gasteiger partial charge on any atom is 0.129 e. The Hall–Kier alpha value is -2.26. The molecular formula is C15H10ClN3. The van der Waals surface area contributed by atoms with E-state index in [0.29, 0.717) is 5.15 Å². The molecule has 3 nitrogen and oxygen atoms in total. The molecule has 0 aliphatic rings. The Morgan fingerprint density at radius 2 is 1.47 bits per heavy atom. The van der Waals surface area contributed by atoms with Crippen molar-refractivity contribution in [2.45, 2.75) is 0 Å². The summed E-state index contributed by atoms with van der Waals surface area (Å²) >= 11 is 6.01. The van der Waals surface area contributed by atoms with Gasteiger partial charge in [-0.1, -0.05) is 17.7 Å². The van der Waals surface area contributed by atoms with E-state index >= 15 is 0 Å². The van der Waals surface area contributed by atoms with Crippen LogP contribution in [0.3, 0.4) is 0 Å². The first-order valence-corrected chi connectivity index (χ1v) is 6.20. The van der Waals surface area contributed by atoms with E-state index in [4.69, 9.17) is 11.6 Å². The van der Waals surface area contributed by atoms with E-state index in [-0.39, 0.29) is 0 Å². The van der Waals surface area contributed by atoms with Gasteiger partial charge in [0, 0.05) is 41.5 Å². The van der Waals surface area contributed by atoms with Gasteiger partial charge in [-0.15, -0.1) is 0 Å². The molecule has 0 saturated heterocycles. The van der Waals surface area contributed by atoms with Crippen LogP contribution in [0, 0.1) is 0 Å². The van der Waals surface area contributed by atoms with Crippen molar-refractivity contribution < 1.29 is 0 Å². The predicted molar refractivity (Wildman–Crippen MR) is 75.7 cm³/mol. The van der Waals surface area contributed by atoms with E-state index in [1.165, 1.54) is 0 Å². The summed E-state index contributed by atoms with van der Waals surface area (Å²) in [6, 6.07) is 11.5. The number of aromatic nitrogens is 3. The van der Waals surface area contributed by atoms with Crippen LogP contribution in [0.5, 0.6) is 0 Å². The molecule has 0 radical (unpaired) electrons. The van der Waals surface area contributed by atoms with Crippen LogP contribution in [0.1, 0.15) is 0 Å². The standard InChI is InChI=1S/C15H10ClN3/c16-14-6-5-13(11-3-1-7-17-9-11)15(19-14)12-4-2-8-18-10-12/h1-10H. The van der Waals surface area contributed by atoms with Crippen molar-refractivity contribution in [2.24, 2.45) is 0 Å². The van der Waals surface area contributed by atoms with Crippen LogP contribution in [-0.4, -0.2) is 15.0 Å². The Balaban J connectivity index is 2.21. The Morgan fingerprint density at radius 1 is 0.789 bits per heavy atom. The van der Waals surface area contributed by atoms with Crippen molar-refractivity contribution in [3.63, 3.8) is 0 Å². The fourth-order valence-corrected chi connectivity index (χ4v) is 2.06. The molecule has 3 rings (SSSR count). The topological polar surface area (TPSA) is 38.7 Å². The van der Waals surface area contributed by atoms with Crippen molar-refractivity contribution >= 4 is 11.6 Å². The van der Waals surface area contributed by atoms with Crippen LogP contribution < -0.4 is 0 Å². The highest BCUT2D eigenvalue weighted by atomic mass is 35.5. The monoisotopic (exact) mass is 267 g/mol. The molecule has 0 N–H and O–H groups in total. The normalized spacial score (nSPS) is 10.4. The van der Waals surface area contributed by atoms with Gasteiger partial charge in [0.2, 0.25) is 0 Å². The van der Waals surface area contributed by atoms with Crippen LogP contribution >= 0.6 is 11.6 Å². The summed E-state index contributed by atoms with van der Waals surface area (Å²) in [6.45, 7) is 0. The first-order chi connectivity index (χ1) is 9.34. The molecule has 3 aromatic heterocycles. The number of nitrogens with zero attached hydrogens (tertiary/aromatic N) is 3. The van der Waals surface area contributed by atoms with Gasteiger partial charge in [-0.2, -0.15) is 0 Å². The Kier molecular flexibility index (Phi) is 3.21. The minimum absolute atomic E-state index is 0.464. The van der Waals surface area contributed by atoms with E-state index in [9.17, 15) is 0 Å². The SMILES string of the molecule is Clc1ccc(-c2cccnc2)c(-c2cccnc2)n1. The number of halogens is 1. The zero-order chi connectivity index (χ0) is 13.1. The number of pyridine rings is 3. The molecular weight excluding hydrogens is 258 g/mol. The van der Waals surface area contributed by atoms with Crippen molar-refractivity contribution in [3.8, 4) is 22.4 Å². The van der Waals surface area contributed by atoms with Gasteiger partial charge >= 0.3 is 0 Å². The third kappa shape index (κ3) is 2.46. The van der Waals surface area contributed by atoms with Gasteiger partial charge in [-0.3, -0.25) is 9.97 Å². The molecule has 0 aliphatic heterocycles. The zero-order valence-electron chi connectivity index (χ0n) is 9.99. The van der Waals surface area contributed by atoms with Gasteiger partial charge in [0.25, 0.3) is 0 Å². The third-order valence-electron chi connectivity index (χ3n) is 2.77. The van der Waals surface area contributed by atoms with Crippen molar-refractivity contribution in [1.29, 1.82) is 0 Å². The zero-order valence-corrected chi connectivity index (χ0v) is 10.7. The van der Waals surface area contributed by atoms with Gasteiger partial charge in [0.1, 0.15) is 5.15 Å². The highest BCUT2D eigenvalue weighted by molar-refractivity contribution is 6.29. The Bertz CT molecular complexity index is 684. The first kappa shape index (κ1) is 11.8. The average Bonchev–Trinajstić information content (AvgIpc) is 2.49. The van der Waals surface area contributed by atoms with Crippen LogP contribution in [0.2, 0.25) is 5.15 Å². The smallest absolute Gasteiger partial charge is 0.129 e. The lowest BCUT2D eigenvalue weighted by Crippen LogP contribution is -1.91. The molecule has 3 heterocycles. The quantitative estimate of drug-likeness (QED) is 0.662. The van der Waals surface area contributed by atoms with E-state index in [1.54, 1.807) is 24.7 Å². The van der Waals surface area contributed by atoms with Crippen LogP contribution in [0.15, 0.2) is 61.2 Å². The summed E-state index contributed by atoms with van der Waals surface area (Å²) < 4.78 is 0. The van der Waals surface area contributed by atoms with Crippen molar-refractivity contribution in [2.75, 3.05) is 0 Å². The highest BCUT2D eigenvalue weighted by Gasteiger charge is 2.10. The third-order valence-corrected chi connectivity index (χ3v) is 2.98. The first-order valence-electron chi connectivity index (χ1n) is 5.82. The molecule has 0 atom stereocenters. The number of hydrogen-bond acceptors (Lipinski definition) is 3. The summed E-state index contributed by atoms with van der Waals surface area (Å²) in [6.07, 6.45) is 7.07. The van der Waals surface area contributed by atoms with Crippen molar-refractivity contribution in [3.05, 3.63) is 66.3 Å². The van der Waals surface area contributed by atoms with E-state index in [0.717, 1.165) is 22.4 Å². The van der Waals surface area contributed by atoms with E-state index in [1.807, 2.05) is 36.5 Å². The molecule has 0 saturated carbocycles. The second-order valence-electron chi connectivity index (χ2n) is 4.01. The van der Waals surface area contributed by atoms with E-state index < -0.39 is 0 Å². The lowest BCUT2D eigenvalue weighted by molar-refractivity contribution is 1.27. The predicted octanol–water partition coefficient (Wildman–Crippen LogP) is 3.86. The van der Waals surface area contributed by atoms with Gasteiger partial charge in [0.05, 0.1) is 5.69 Å². The Labute approximate surface area is 116 Å². The minimum Gasteiger partial charge on any atom is -0.264 e. The largest absolute Gasteiger partial charge is 0.264 e. The molecule has 0 aromatic carbocycles. The summed E-state index contributed by atoms with van der Waals surface area (Å²) in [4.78, 5) is 12.7. The highest BCUT2D eigenvalue weighted by Crippen LogP contribution is 2.30. The van der Waals surface area contributed by atoms with Gasteiger partial charge < -0.3 is 0 Å². The van der Waals surface area contributed by atoms with Gasteiger partial charge in [-0.25, -0.2) is 4.98 Å². The molecule has 19 heavy (non-hydrogen) atoms. The minimum atomic E-state index is 0.464. The maximum absolute atomic E-state index is 6.01. The Morgan fingerprint density at radius 3 is 2.11 bits per heavy atom. The summed E-state index contributed by atoms with van der Waals surface area (Å²) in [5.41, 5.74) is 3.74. The van der Waals surface area contributed by atoms with Crippen LogP contribution in [0.25, 0.3) is 22.4 Å². The molecule has 0 unspecified atom stereocenters. The molecule has 92 valence electrons. The number of hydrogen-bond donors (Lipinski definition) is 0. The summed E-state index contributed by atoms with van der Waals surface area (Å²) in [7, 11) is 0. The van der Waals surface area contributed by atoms with Crippen LogP contribution in [-0.2, 0) is 0 Å². The molecule has 0 fully saturated rings.